The van der Waals surface area contributed by atoms with Crippen molar-refractivity contribution in [2.24, 2.45) is 0 Å². The molecule has 1 atom stereocenters. The molecule has 3 aromatic rings. The Morgan fingerprint density at radius 2 is 1.78 bits per heavy atom. The fourth-order valence-corrected chi connectivity index (χ4v) is 4.52. The number of hydrogen-bond donors (Lipinski definition) is 1. The number of aryl methyl sites for hydroxylation is 1. The molecule has 1 aliphatic rings. The van der Waals surface area contributed by atoms with Gasteiger partial charge < -0.3 is 10.1 Å². The van der Waals surface area contributed by atoms with Crippen molar-refractivity contribution in [3.63, 3.8) is 0 Å². The second-order valence-corrected chi connectivity index (χ2v) is 8.60. The zero-order valence-electron chi connectivity index (χ0n) is 18.1. The van der Waals surface area contributed by atoms with Crippen molar-refractivity contribution in [1.82, 2.24) is 10.3 Å². The first kappa shape index (κ1) is 22.7. The van der Waals surface area contributed by atoms with Gasteiger partial charge in [-0.2, -0.15) is 13.2 Å². The molecule has 0 bridgehead atoms. The fourth-order valence-electron chi connectivity index (χ4n) is 4.52. The molecule has 0 aliphatic carbocycles. The number of nitrogens with one attached hydrogen (secondary N) is 1. The predicted octanol–water partition coefficient (Wildman–Crippen LogP) is 6.10. The lowest BCUT2D eigenvalue weighted by molar-refractivity contribution is -0.136. The minimum Gasteiger partial charge on any atom is -0.373 e. The number of aromatic nitrogens is 1. The number of ether oxygens (including phenoxy) is 1. The summed E-state index contributed by atoms with van der Waals surface area (Å²) in [5, 5.41) is 3.43. The summed E-state index contributed by atoms with van der Waals surface area (Å²) in [6, 6.07) is 10.6. The molecular weight excluding hydrogens is 420 g/mol. The van der Waals surface area contributed by atoms with E-state index < -0.39 is 17.8 Å². The van der Waals surface area contributed by atoms with Crippen molar-refractivity contribution in [2.45, 2.75) is 44.4 Å². The first-order chi connectivity index (χ1) is 15.2. The summed E-state index contributed by atoms with van der Waals surface area (Å²) in [6.07, 6.45) is -1.68. The molecule has 1 fully saturated rings. The second kappa shape index (κ2) is 8.79. The third kappa shape index (κ3) is 4.50. The van der Waals surface area contributed by atoms with E-state index in [-0.39, 0.29) is 16.6 Å². The lowest BCUT2D eigenvalue weighted by Crippen LogP contribution is -2.43. The Balaban J connectivity index is 1.64. The van der Waals surface area contributed by atoms with E-state index in [4.69, 9.17) is 4.74 Å². The van der Waals surface area contributed by atoms with Crippen molar-refractivity contribution in [3.8, 4) is 0 Å². The SMILES string of the molecule is Cc1cnc2c(C(C)OCC3(c4ccc(F)cc4)CCNCC3)ccc(C(F)(F)F)c2c1. The van der Waals surface area contributed by atoms with Crippen LogP contribution in [0.1, 0.15) is 48.1 Å². The van der Waals surface area contributed by atoms with Crippen LogP contribution in [-0.4, -0.2) is 24.7 Å². The van der Waals surface area contributed by atoms with Gasteiger partial charge in [-0.1, -0.05) is 18.2 Å². The van der Waals surface area contributed by atoms with Crippen molar-refractivity contribution in [2.75, 3.05) is 19.7 Å². The van der Waals surface area contributed by atoms with Crippen LogP contribution in [0, 0.1) is 12.7 Å². The standard InChI is InChI=1S/C25H26F4N2O/c1-16-13-21-22(25(27,28)29)8-7-20(23(21)31-14-16)17(2)32-15-24(9-11-30-12-10-24)18-3-5-19(26)6-4-18/h3-8,13-14,17,30H,9-12,15H2,1-2H3. The molecular formula is C25H26F4N2O. The van der Waals surface area contributed by atoms with Crippen molar-refractivity contribution < 1.29 is 22.3 Å². The maximum absolute atomic E-state index is 13.5. The molecule has 3 nitrogen and oxygen atoms in total. The van der Waals surface area contributed by atoms with Gasteiger partial charge in [0.15, 0.2) is 0 Å². The van der Waals surface area contributed by atoms with Crippen molar-refractivity contribution in [1.29, 1.82) is 0 Å². The van der Waals surface area contributed by atoms with E-state index in [9.17, 15) is 17.6 Å². The highest BCUT2D eigenvalue weighted by atomic mass is 19.4. The van der Waals surface area contributed by atoms with Crippen LogP contribution in [0.2, 0.25) is 0 Å². The van der Waals surface area contributed by atoms with Crippen LogP contribution in [0.25, 0.3) is 10.9 Å². The van der Waals surface area contributed by atoms with Crippen LogP contribution in [0.4, 0.5) is 17.6 Å². The lowest BCUT2D eigenvalue weighted by Gasteiger charge is -2.39. The lowest BCUT2D eigenvalue weighted by atomic mass is 9.74. The Bertz CT molecular complexity index is 1090. The first-order valence-electron chi connectivity index (χ1n) is 10.7. The molecule has 1 N–H and O–H groups in total. The zero-order valence-corrected chi connectivity index (χ0v) is 18.1. The van der Waals surface area contributed by atoms with Gasteiger partial charge in [0, 0.05) is 22.6 Å². The number of halogens is 4. The minimum absolute atomic E-state index is 0.0839. The summed E-state index contributed by atoms with van der Waals surface area (Å²) in [6.45, 7) is 5.58. The average molecular weight is 446 g/mol. The van der Waals surface area contributed by atoms with E-state index in [1.165, 1.54) is 24.3 Å². The highest BCUT2D eigenvalue weighted by Gasteiger charge is 2.36. The Kier molecular flexibility index (Phi) is 6.23. The van der Waals surface area contributed by atoms with Gasteiger partial charge in [-0.25, -0.2) is 4.39 Å². The average Bonchev–Trinajstić information content (AvgIpc) is 2.77. The smallest absolute Gasteiger partial charge is 0.373 e. The van der Waals surface area contributed by atoms with Gasteiger partial charge in [0.05, 0.1) is 23.8 Å². The number of piperidine rings is 1. The summed E-state index contributed by atoms with van der Waals surface area (Å²) < 4.78 is 60.4. The van der Waals surface area contributed by atoms with Crippen LogP contribution < -0.4 is 5.32 Å². The van der Waals surface area contributed by atoms with E-state index in [2.05, 4.69) is 10.3 Å². The van der Waals surface area contributed by atoms with Crippen molar-refractivity contribution in [3.05, 3.63) is 76.7 Å². The Morgan fingerprint density at radius 1 is 1.09 bits per heavy atom. The van der Waals surface area contributed by atoms with E-state index >= 15 is 0 Å². The second-order valence-electron chi connectivity index (χ2n) is 8.60. The summed E-state index contributed by atoms with van der Waals surface area (Å²) in [4.78, 5) is 4.32. The van der Waals surface area contributed by atoms with Gasteiger partial charge >= 0.3 is 6.18 Å². The number of fused-ring (bicyclic) bond motifs is 1. The maximum atomic E-state index is 13.5. The predicted molar refractivity (Wildman–Crippen MR) is 116 cm³/mol. The van der Waals surface area contributed by atoms with Crippen LogP contribution in [0.5, 0.6) is 0 Å². The Morgan fingerprint density at radius 3 is 2.44 bits per heavy atom. The molecule has 0 amide bonds. The summed E-state index contributed by atoms with van der Waals surface area (Å²) in [5.41, 5.74) is 1.63. The fraction of sp³-hybridized carbons (Fsp3) is 0.400. The molecule has 0 radical (unpaired) electrons. The van der Waals surface area contributed by atoms with E-state index in [0.717, 1.165) is 37.6 Å². The van der Waals surface area contributed by atoms with E-state index in [1.54, 1.807) is 25.3 Å². The molecule has 1 unspecified atom stereocenters. The molecule has 2 heterocycles. The van der Waals surface area contributed by atoms with Crippen LogP contribution in [-0.2, 0) is 16.3 Å². The number of alkyl halides is 3. The molecule has 0 spiro atoms. The van der Waals surface area contributed by atoms with Gasteiger partial charge in [-0.05, 0) is 75.2 Å². The summed E-state index contributed by atoms with van der Waals surface area (Å²) in [5.74, 6) is -0.287. The number of nitrogens with zero attached hydrogens (tertiary/aromatic N) is 1. The first-order valence-corrected chi connectivity index (χ1v) is 10.7. The number of rotatable bonds is 5. The summed E-state index contributed by atoms with van der Waals surface area (Å²) >= 11 is 0. The molecule has 4 rings (SSSR count). The topological polar surface area (TPSA) is 34.1 Å². The molecule has 0 saturated carbocycles. The zero-order chi connectivity index (χ0) is 22.9. The van der Waals surface area contributed by atoms with Gasteiger partial charge in [0.2, 0.25) is 0 Å². The molecule has 1 saturated heterocycles. The third-order valence-electron chi connectivity index (χ3n) is 6.39. The van der Waals surface area contributed by atoms with Gasteiger partial charge in [-0.3, -0.25) is 4.98 Å². The third-order valence-corrected chi connectivity index (χ3v) is 6.39. The van der Waals surface area contributed by atoms with E-state index in [0.29, 0.717) is 23.3 Å². The Labute approximate surface area is 184 Å². The monoisotopic (exact) mass is 446 g/mol. The normalized spacial score (nSPS) is 17.4. The van der Waals surface area contributed by atoms with Crippen LogP contribution in [0.15, 0.2) is 48.7 Å². The molecule has 170 valence electrons. The number of benzene rings is 2. The highest BCUT2D eigenvalue weighted by molar-refractivity contribution is 5.86. The maximum Gasteiger partial charge on any atom is 0.417 e. The summed E-state index contributed by atoms with van der Waals surface area (Å²) in [7, 11) is 0. The minimum atomic E-state index is -4.46. The highest BCUT2D eigenvalue weighted by Crippen LogP contribution is 2.39. The molecule has 1 aliphatic heterocycles. The van der Waals surface area contributed by atoms with Crippen molar-refractivity contribution >= 4 is 10.9 Å². The molecule has 7 heteroatoms. The Hall–Kier alpha value is -2.51. The van der Waals surface area contributed by atoms with E-state index in [1.807, 2.05) is 6.92 Å². The van der Waals surface area contributed by atoms with Crippen LogP contribution >= 0.6 is 0 Å². The van der Waals surface area contributed by atoms with Crippen LogP contribution in [0.3, 0.4) is 0 Å². The molecule has 2 aromatic carbocycles. The molecule has 32 heavy (non-hydrogen) atoms. The van der Waals surface area contributed by atoms with Gasteiger partial charge in [0.25, 0.3) is 0 Å². The quantitative estimate of drug-likeness (QED) is 0.481. The number of pyridine rings is 1. The molecule has 1 aromatic heterocycles. The number of hydrogen-bond acceptors (Lipinski definition) is 3. The van der Waals surface area contributed by atoms with Gasteiger partial charge in [-0.15, -0.1) is 0 Å². The largest absolute Gasteiger partial charge is 0.417 e. The van der Waals surface area contributed by atoms with Gasteiger partial charge in [0.1, 0.15) is 5.82 Å².